The lowest BCUT2D eigenvalue weighted by atomic mass is 9.75. The molecule has 0 aromatic heterocycles. The highest BCUT2D eigenvalue weighted by molar-refractivity contribution is 7.97. The second-order valence-corrected chi connectivity index (χ2v) is 29.5. The molecule has 9 saturated carbocycles. The largest absolute Gasteiger partial charge is 0.565 e. The molecule has 3 aromatic rings. The number of carbonyl (C=O) groups is 1. The van der Waals surface area contributed by atoms with Crippen LogP contribution in [0.4, 0.5) is 4.79 Å². The molecule has 9 aliphatic carbocycles. The van der Waals surface area contributed by atoms with E-state index in [0.29, 0.717) is 0 Å². The molecule has 1 N–H and O–H groups in total. The van der Waals surface area contributed by atoms with E-state index in [1.54, 1.807) is 0 Å². The number of hydrogen-bond acceptors (Lipinski definition) is 2. The predicted octanol–water partition coefficient (Wildman–Crippen LogP) is 22.1. The van der Waals surface area contributed by atoms with Crippen molar-refractivity contribution in [1.29, 1.82) is 0 Å². The van der Waals surface area contributed by atoms with Crippen molar-refractivity contribution in [3.63, 3.8) is 0 Å². The first-order chi connectivity index (χ1) is 38.0. The molecule has 0 saturated heterocycles. The maximum atomic E-state index is 8.44. The molecule has 3 nitrogen and oxygen atoms in total. The summed E-state index contributed by atoms with van der Waals surface area (Å²) in [6, 6.07) is 18.3. The van der Waals surface area contributed by atoms with Crippen molar-refractivity contribution in [1.82, 2.24) is 0 Å². The minimum Gasteiger partial charge on any atom is -0.565 e. The van der Waals surface area contributed by atoms with E-state index in [1.165, 1.54) is 289 Å². The molecule has 0 spiro atoms. The highest BCUT2D eigenvalue weighted by Gasteiger charge is 2.48. The summed E-state index contributed by atoms with van der Waals surface area (Å²) < 4.78 is 0. The predicted molar refractivity (Wildman–Crippen MR) is 322 cm³/mol. The Morgan fingerprint density at radius 2 is 0.403 bits per heavy atom. The fourth-order valence-corrected chi connectivity index (χ4v) is 21.8. The van der Waals surface area contributed by atoms with Crippen LogP contribution in [0.5, 0.6) is 0 Å². The lowest BCUT2D eigenvalue weighted by Gasteiger charge is -2.36. The molecule has 0 unspecified atom stereocenters. The molecular formula is C73H106O3S. The minimum absolute atomic E-state index is 0.134. The number of rotatable bonds is 12. The summed E-state index contributed by atoms with van der Waals surface area (Å²) in [6.45, 7) is 0. The van der Waals surface area contributed by atoms with E-state index in [4.69, 9.17) is 15.0 Å². The summed E-state index contributed by atoms with van der Waals surface area (Å²) in [5.74, 6) is 6.64. The van der Waals surface area contributed by atoms with E-state index in [0.717, 1.165) is 53.3 Å². The molecule has 9 fully saturated rings. The molecule has 0 heterocycles. The van der Waals surface area contributed by atoms with Crippen molar-refractivity contribution in [2.45, 2.75) is 357 Å². The van der Waals surface area contributed by atoms with Gasteiger partial charge in [-0.05, 0) is 186 Å². The van der Waals surface area contributed by atoms with E-state index in [-0.39, 0.29) is 10.9 Å². The summed E-state index contributed by atoms with van der Waals surface area (Å²) in [7, 11) is -0.134. The lowest BCUT2D eigenvalue weighted by molar-refractivity contribution is -0.275. The second kappa shape index (κ2) is 27.8. The van der Waals surface area contributed by atoms with Gasteiger partial charge in [-0.25, -0.2) is 0 Å². The van der Waals surface area contributed by atoms with Crippen LogP contribution in [0, 0.1) is 0 Å². The average Bonchev–Trinajstić information content (AvgIpc) is 3.57. The number of benzene rings is 3. The summed E-state index contributed by atoms with van der Waals surface area (Å²) >= 11 is 0. The minimum atomic E-state index is -2.08. The van der Waals surface area contributed by atoms with E-state index >= 15 is 0 Å². The van der Waals surface area contributed by atoms with E-state index < -0.39 is 6.16 Å². The molecular weight excluding hydrogens is 957 g/mol. The first-order valence-corrected chi connectivity index (χ1v) is 35.4. The standard InChI is InChI=1S/C72H105S.CH2O3/c1-10-28-52(29-11-1)61-46-64(55-34-16-4-17-35-55)70(65(47-61)56-36-18-5-19-37-56)73(71-66(57-38-20-6-21-39-57)48-62(53-30-12-2-13-31-53)49-67(71)58-40-22-7-23-41-58)72-68(59-42-24-8-25-43-59)50-63(54-32-14-3-15-33-54)51-69(72)60-44-26-9-27-45-60;2-1(3)4/h46-60H,1-45H2;(H2,2,3,4)/q+1;/p-1. The summed E-state index contributed by atoms with van der Waals surface area (Å²) in [5, 5.41) is 15.3. The van der Waals surface area contributed by atoms with Crippen molar-refractivity contribution in [3.8, 4) is 0 Å². The molecule has 422 valence electrons. The molecule has 0 atom stereocenters. The zero-order valence-electron chi connectivity index (χ0n) is 48.7. The van der Waals surface area contributed by atoms with Gasteiger partial charge in [0.05, 0.1) is 0 Å². The summed E-state index contributed by atoms with van der Waals surface area (Å²) in [5.41, 5.74) is 17.1. The zero-order valence-corrected chi connectivity index (χ0v) is 49.5. The Kier molecular flexibility index (Phi) is 20.3. The third-order valence-electron chi connectivity index (χ3n) is 22.6. The van der Waals surface area contributed by atoms with E-state index in [9.17, 15) is 0 Å². The Labute approximate surface area is 472 Å². The Balaban J connectivity index is 0.00000153. The smallest absolute Gasteiger partial charge is 0.249 e. The van der Waals surface area contributed by atoms with Crippen molar-refractivity contribution in [2.75, 3.05) is 0 Å². The van der Waals surface area contributed by atoms with Crippen LogP contribution >= 0.6 is 0 Å². The van der Waals surface area contributed by atoms with Gasteiger partial charge < -0.3 is 15.0 Å². The van der Waals surface area contributed by atoms with E-state index in [2.05, 4.69) is 36.4 Å². The van der Waals surface area contributed by atoms with Crippen molar-refractivity contribution in [3.05, 3.63) is 86.5 Å². The summed E-state index contributed by atoms with van der Waals surface area (Å²) in [6.07, 6.45) is 62.7. The molecule has 77 heavy (non-hydrogen) atoms. The maximum Gasteiger partial charge on any atom is 0.249 e. The van der Waals surface area contributed by atoms with Gasteiger partial charge in [0.25, 0.3) is 0 Å². The fourth-order valence-electron chi connectivity index (χ4n) is 18.4. The van der Waals surface area contributed by atoms with Gasteiger partial charge in [-0.15, -0.1) is 0 Å². The molecule has 4 heteroatoms. The SMILES string of the molecule is O=C([O-])O.c1c(C2CCCCC2)cc(C2CCCCC2)c([S+](c2c(C3CCCCC3)cc(C3CCCCC3)cc2C2CCCCC2)c2c(C3CCCCC3)cc(C3CCCCC3)cc2C2CCCCC2)c1C1CCCCC1. The second-order valence-electron chi connectivity index (χ2n) is 27.7. The fraction of sp³-hybridized carbons (Fsp3) is 0.740. The van der Waals surface area contributed by atoms with Crippen LogP contribution in [0.3, 0.4) is 0 Å². The number of hydrogen-bond donors (Lipinski definition) is 1. The molecule has 12 rings (SSSR count). The van der Waals surface area contributed by atoms with E-state index in [1.807, 2.05) is 64.8 Å². The quantitative estimate of drug-likeness (QED) is 0.184. The highest BCUT2D eigenvalue weighted by Crippen LogP contribution is 2.58. The van der Waals surface area contributed by atoms with Gasteiger partial charge >= 0.3 is 0 Å². The molecule has 0 radical (unpaired) electrons. The molecule has 9 aliphatic rings. The average molecular weight is 1060 g/mol. The zero-order chi connectivity index (χ0) is 52.3. The van der Waals surface area contributed by atoms with Crippen molar-refractivity contribution < 1.29 is 15.0 Å². The van der Waals surface area contributed by atoms with Crippen LogP contribution < -0.4 is 5.11 Å². The van der Waals surface area contributed by atoms with Gasteiger partial charge in [0.2, 0.25) is 6.16 Å². The Bertz CT molecular complexity index is 1950. The van der Waals surface area contributed by atoms with Crippen LogP contribution in [-0.2, 0) is 10.9 Å². The number of carboxylic acid groups (broad SMARTS) is 2. The van der Waals surface area contributed by atoms with Gasteiger partial charge in [0, 0.05) is 33.4 Å². The molecule has 0 amide bonds. The maximum absolute atomic E-state index is 8.44. The van der Waals surface area contributed by atoms with Gasteiger partial charge in [0.15, 0.2) is 14.7 Å². The monoisotopic (exact) mass is 1060 g/mol. The highest BCUT2D eigenvalue weighted by atomic mass is 32.2. The first kappa shape index (κ1) is 56.2. The van der Waals surface area contributed by atoms with Crippen LogP contribution in [-0.4, -0.2) is 11.3 Å². The third kappa shape index (κ3) is 13.6. The Morgan fingerprint density at radius 1 is 0.273 bits per heavy atom. The van der Waals surface area contributed by atoms with Gasteiger partial charge in [0.1, 0.15) is 10.9 Å². The van der Waals surface area contributed by atoms with Crippen molar-refractivity contribution in [2.24, 2.45) is 0 Å². The molecule has 3 aromatic carbocycles. The lowest BCUT2D eigenvalue weighted by Crippen LogP contribution is -2.26. The van der Waals surface area contributed by atoms with Crippen molar-refractivity contribution >= 4 is 17.1 Å². The van der Waals surface area contributed by atoms with Crippen LogP contribution in [0.2, 0.25) is 0 Å². The van der Waals surface area contributed by atoms with Crippen LogP contribution in [0.1, 0.15) is 392 Å². The third-order valence-corrected chi connectivity index (χ3v) is 25.3. The normalized spacial score (nSPS) is 24.4. The molecule has 0 aliphatic heterocycles. The van der Waals surface area contributed by atoms with Gasteiger partial charge in [-0.2, -0.15) is 0 Å². The molecule has 0 bridgehead atoms. The summed E-state index contributed by atoms with van der Waals surface area (Å²) in [4.78, 5) is 14.4. The van der Waals surface area contributed by atoms with Gasteiger partial charge in [-0.1, -0.05) is 210 Å². The first-order valence-electron chi connectivity index (χ1n) is 34.2. The van der Waals surface area contributed by atoms with Crippen LogP contribution in [0.15, 0.2) is 51.1 Å². The van der Waals surface area contributed by atoms with Crippen LogP contribution in [0.25, 0.3) is 0 Å². The van der Waals surface area contributed by atoms with Gasteiger partial charge in [-0.3, -0.25) is 0 Å². The topological polar surface area (TPSA) is 60.4 Å². The Hall–Kier alpha value is -2.72. The Morgan fingerprint density at radius 3 is 0.545 bits per heavy atom.